The van der Waals surface area contributed by atoms with Crippen LogP contribution in [0.15, 0.2) is 12.4 Å². The molecule has 0 bridgehead atoms. The van der Waals surface area contributed by atoms with E-state index in [-0.39, 0.29) is 12.1 Å². The van der Waals surface area contributed by atoms with E-state index in [1.54, 1.807) is 7.11 Å². The summed E-state index contributed by atoms with van der Waals surface area (Å²) in [5.41, 5.74) is 6.39. The summed E-state index contributed by atoms with van der Waals surface area (Å²) in [5, 5.41) is 0. The number of hydrogen-bond donors (Lipinski definition) is 1. The molecule has 0 radical (unpaired) electrons. The number of hydrogen-bond acceptors (Lipinski definition) is 3. The average molecular weight is 251 g/mol. The van der Waals surface area contributed by atoms with Crippen molar-refractivity contribution in [3.8, 4) is 0 Å². The lowest BCUT2D eigenvalue weighted by Crippen LogP contribution is -2.37. The summed E-state index contributed by atoms with van der Waals surface area (Å²) in [6.45, 7) is 3.02. The number of imidazole rings is 1. The van der Waals surface area contributed by atoms with Gasteiger partial charge in [-0.3, -0.25) is 0 Å². The lowest BCUT2D eigenvalue weighted by atomic mass is 9.82. The van der Waals surface area contributed by atoms with Crippen molar-refractivity contribution in [2.45, 2.75) is 57.7 Å². The van der Waals surface area contributed by atoms with Crippen LogP contribution in [-0.4, -0.2) is 22.8 Å². The maximum atomic E-state index is 6.39. The van der Waals surface area contributed by atoms with Crippen molar-refractivity contribution in [1.82, 2.24) is 9.55 Å². The molecule has 0 aliphatic heterocycles. The van der Waals surface area contributed by atoms with E-state index < -0.39 is 0 Å². The lowest BCUT2D eigenvalue weighted by Gasteiger charge is -2.32. The van der Waals surface area contributed by atoms with Crippen LogP contribution >= 0.6 is 0 Å². The fraction of sp³-hybridized carbons (Fsp3) is 0.786. The van der Waals surface area contributed by atoms with Crippen LogP contribution in [0.3, 0.4) is 0 Å². The number of nitrogens with two attached hydrogens (primary N) is 1. The van der Waals surface area contributed by atoms with Gasteiger partial charge in [0.15, 0.2) is 0 Å². The molecule has 0 saturated heterocycles. The molecule has 2 unspecified atom stereocenters. The summed E-state index contributed by atoms with van der Waals surface area (Å²) in [7, 11) is 1.78. The number of rotatable bonds is 5. The summed E-state index contributed by atoms with van der Waals surface area (Å²) in [4.78, 5) is 4.41. The van der Waals surface area contributed by atoms with Crippen LogP contribution in [0, 0.1) is 5.92 Å². The molecule has 2 N–H and O–H groups in total. The molecule has 102 valence electrons. The summed E-state index contributed by atoms with van der Waals surface area (Å²) in [5.74, 6) is 1.54. The van der Waals surface area contributed by atoms with Gasteiger partial charge in [-0.2, -0.15) is 0 Å². The van der Waals surface area contributed by atoms with Gasteiger partial charge in [0.2, 0.25) is 0 Å². The van der Waals surface area contributed by atoms with Crippen LogP contribution in [0.5, 0.6) is 0 Å². The third kappa shape index (κ3) is 2.75. The van der Waals surface area contributed by atoms with Crippen molar-refractivity contribution >= 4 is 0 Å². The normalized spacial score (nSPS) is 20.8. The lowest BCUT2D eigenvalue weighted by molar-refractivity contribution is 0.0146. The van der Waals surface area contributed by atoms with Crippen molar-refractivity contribution in [1.29, 1.82) is 0 Å². The van der Waals surface area contributed by atoms with E-state index in [1.165, 1.54) is 32.1 Å². The predicted octanol–water partition coefficient (Wildman–Crippen LogP) is 2.50. The van der Waals surface area contributed by atoms with Crippen molar-refractivity contribution < 1.29 is 4.74 Å². The SMILES string of the molecule is CCn1ccnc1C(N)C(OC)C1CCCCC1. The number of methoxy groups -OCH3 is 1. The third-order valence-electron chi connectivity index (χ3n) is 4.13. The van der Waals surface area contributed by atoms with Crippen LogP contribution < -0.4 is 5.73 Å². The van der Waals surface area contributed by atoms with E-state index in [9.17, 15) is 0 Å². The molecule has 1 fully saturated rings. The molecule has 1 heterocycles. The molecule has 2 atom stereocenters. The number of aryl methyl sites for hydroxylation is 1. The molecule has 4 heteroatoms. The number of ether oxygens (including phenoxy) is 1. The van der Waals surface area contributed by atoms with E-state index in [1.807, 2.05) is 12.4 Å². The average Bonchev–Trinajstić information content (AvgIpc) is 2.89. The monoisotopic (exact) mass is 251 g/mol. The number of nitrogens with zero attached hydrogens (tertiary/aromatic N) is 2. The highest BCUT2D eigenvalue weighted by atomic mass is 16.5. The zero-order valence-corrected chi connectivity index (χ0v) is 11.5. The van der Waals surface area contributed by atoms with E-state index in [4.69, 9.17) is 10.5 Å². The molecule has 2 rings (SSSR count). The predicted molar refractivity (Wildman–Crippen MR) is 72.2 cm³/mol. The summed E-state index contributed by atoms with van der Waals surface area (Å²) >= 11 is 0. The highest BCUT2D eigenvalue weighted by Crippen LogP contribution is 2.32. The van der Waals surface area contributed by atoms with Gasteiger partial charge in [-0.1, -0.05) is 19.3 Å². The Morgan fingerprint density at radius 1 is 1.44 bits per heavy atom. The van der Waals surface area contributed by atoms with E-state index in [0.29, 0.717) is 5.92 Å². The maximum absolute atomic E-state index is 6.39. The Morgan fingerprint density at radius 2 is 2.17 bits per heavy atom. The van der Waals surface area contributed by atoms with Gasteiger partial charge in [0.25, 0.3) is 0 Å². The zero-order chi connectivity index (χ0) is 13.0. The molecule has 1 saturated carbocycles. The van der Waals surface area contributed by atoms with Crippen LogP contribution in [-0.2, 0) is 11.3 Å². The molecule has 1 aliphatic rings. The quantitative estimate of drug-likeness (QED) is 0.874. The van der Waals surface area contributed by atoms with E-state index >= 15 is 0 Å². The van der Waals surface area contributed by atoms with Gasteiger partial charge in [0.05, 0.1) is 12.1 Å². The van der Waals surface area contributed by atoms with Gasteiger partial charge in [-0.05, 0) is 25.7 Å². The molecule has 1 aromatic rings. The smallest absolute Gasteiger partial charge is 0.128 e. The topological polar surface area (TPSA) is 53.1 Å². The van der Waals surface area contributed by atoms with Gasteiger partial charge in [0, 0.05) is 26.0 Å². The first kappa shape index (κ1) is 13.6. The first-order valence-electron chi connectivity index (χ1n) is 7.07. The minimum Gasteiger partial charge on any atom is -0.379 e. The van der Waals surface area contributed by atoms with Gasteiger partial charge < -0.3 is 15.0 Å². The summed E-state index contributed by atoms with van der Waals surface area (Å²) in [6, 6.07) is -0.118. The van der Waals surface area contributed by atoms with Crippen LogP contribution in [0.2, 0.25) is 0 Å². The highest BCUT2D eigenvalue weighted by Gasteiger charge is 2.31. The number of aromatic nitrogens is 2. The van der Waals surface area contributed by atoms with Crippen LogP contribution in [0.4, 0.5) is 0 Å². The van der Waals surface area contributed by atoms with E-state index in [2.05, 4.69) is 16.5 Å². The Kier molecular flexibility index (Phi) is 4.78. The Hall–Kier alpha value is -0.870. The molecule has 18 heavy (non-hydrogen) atoms. The second-order valence-electron chi connectivity index (χ2n) is 5.20. The zero-order valence-electron chi connectivity index (χ0n) is 11.5. The largest absolute Gasteiger partial charge is 0.379 e. The maximum Gasteiger partial charge on any atom is 0.128 e. The second kappa shape index (κ2) is 6.34. The van der Waals surface area contributed by atoms with Crippen molar-refractivity contribution in [2.24, 2.45) is 11.7 Å². The van der Waals surface area contributed by atoms with Crippen LogP contribution in [0.1, 0.15) is 50.9 Å². The van der Waals surface area contributed by atoms with Gasteiger partial charge >= 0.3 is 0 Å². The minimum absolute atomic E-state index is 0.0954. The second-order valence-corrected chi connectivity index (χ2v) is 5.20. The Labute approximate surface area is 110 Å². The Bertz CT molecular complexity index is 358. The third-order valence-corrected chi connectivity index (χ3v) is 4.13. The fourth-order valence-corrected chi connectivity index (χ4v) is 3.13. The molecule has 0 amide bonds. The first-order valence-corrected chi connectivity index (χ1v) is 7.07. The van der Waals surface area contributed by atoms with E-state index in [0.717, 1.165) is 12.4 Å². The molecule has 1 aliphatic carbocycles. The Morgan fingerprint density at radius 3 is 2.78 bits per heavy atom. The van der Waals surface area contributed by atoms with Gasteiger partial charge in [0.1, 0.15) is 5.82 Å². The first-order chi connectivity index (χ1) is 8.77. The van der Waals surface area contributed by atoms with Gasteiger partial charge in [-0.25, -0.2) is 4.98 Å². The van der Waals surface area contributed by atoms with Crippen molar-refractivity contribution in [3.63, 3.8) is 0 Å². The minimum atomic E-state index is -0.118. The van der Waals surface area contributed by atoms with Crippen molar-refractivity contribution in [2.75, 3.05) is 7.11 Å². The molecule has 0 spiro atoms. The van der Waals surface area contributed by atoms with Crippen molar-refractivity contribution in [3.05, 3.63) is 18.2 Å². The Balaban J connectivity index is 2.11. The molecule has 0 aromatic carbocycles. The summed E-state index contributed by atoms with van der Waals surface area (Å²) < 4.78 is 7.81. The molecular formula is C14H25N3O. The van der Waals surface area contributed by atoms with Gasteiger partial charge in [-0.15, -0.1) is 0 Å². The molecular weight excluding hydrogens is 226 g/mol. The highest BCUT2D eigenvalue weighted by molar-refractivity contribution is 5.02. The molecule has 1 aromatic heterocycles. The standard InChI is InChI=1S/C14H25N3O/c1-3-17-10-9-16-14(17)12(15)13(18-2)11-7-5-4-6-8-11/h9-13H,3-8,15H2,1-2H3. The fourth-order valence-electron chi connectivity index (χ4n) is 3.13. The molecule has 4 nitrogen and oxygen atoms in total. The summed E-state index contributed by atoms with van der Waals surface area (Å²) in [6.07, 6.45) is 10.3. The van der Waals surface area contributed by atoms with Crippen LogP contribution in [0.25, 0.3) is 0 Å².